The zero-order chi connectivity index (χ0) is 9.19. The zero-order valence-corrected chi connectivity index (χ0v) is 9.05. The number of ether oxygens (including phenoxy) is 1. The van der Waals surface area contributed by atoms with Crippen LogP contribution in [0.4, 0.5) is 0 Å². The van der Waals surface area contributed by atoms with Crippen molar-refractivity contribution in [3.8, 4) is 5.75 Å². The van der Waals surface area contributed by atoms with Gasteiger partial charge >= 0.3 is 0 Å². The number of rotatable bonds is 1. The summed E-state index contributed by atoms with van der Waals surface area (Å²) in [6, 6.07) is 1.86. The highest BCUT2D eigenvalue weighted by molar-refractivity contribution is 9.10. The van der Waals surface area contributed by atoms with Gasteiger partial charge < -0.3 is 4.74 Å². The molecule has 1 heterocycles. The van der Waals surface area contributed by atoms with Crippen molar-refractivity contribution in [2.75, 3.05) is 0 Å². The smallest absolute Gasteiger partial charge is 0.152 e. The Morgan fingerprint density at radius 3 is 2.58 bits per heavy atom. The fourth-order valence-electron chi connectivity index (χ4n) is 0.768. The lowest BCUT2D eigenvalue weighted by Gasteiger charge is -2.21. The van der Waals surface area contributed by atoms with Gasteiger partial charge in [-0.25, -0.2) is 0 Å². The van der Waals surface area contributed by atoms with Gasteiger partial charge in [-0.15, -0.1) is 0 Å². The fourth-order valence-corrected chi connectivity index (χ4v) is 1.07. The van der Waals surface area contributed by atoms with E-state index < -0.39 is 0 Å². The standard InChI is InChI=1S/C9H12BrNO/c1-9(2,3)12-8-6-11-5-4-7(8)10/h4-6H,1-3H3. The number of hydrogen-bond acceptors (Lipinski definition) is 2. The third kappa shape index (κ3) is 2.81. The molecule has 0 fully saturated rings. The zero-order valence-electron chi connectivity index (χ0n) is 7.47. The van der Waals surface area contributed by atoms with Crippen molar-refractivity contribution in [3.05, 3.63) is 22.9 Å². The maximum atomic E-state index is 5.62. The van der Waals surface area contributed by atoms with Crippen LogP contribution in [0.15, 0.2) is 22.9 Å². The lowest BCUT2D eigenvalue weighted by Crippen LogP contribution is -2.23. The Kier molecular flexibility index (Phi) is 2.73. The van der Waals surface area contributed by atoms with Gasteiger partial charge in [0.05, 0.1) is 10.7 Å². The summed E-state index contributed by atoms with van der Waals surface area (Å²) in [5.41, 5.74) is -0.175. The third-order valence-corrected chi connectivity index (χ3v) is 1.81. The second-order valence-electron chi connectivity index (χ2n) is 3.52. The molecule has 2 nitrogen and oxygen atoms in total. The second-order valence-corrected chi connectivity index (χ2v) is 4.37. The Bertz CT molecular complexity index is 267. The maximum Gasteiger partial charge on any atom is 0.152 e. The van der Waals surface area contributed by atoms with E-state index in [1.54, 1.807) is 12.4 Å². The molecule has 0 atom stereocenters. The van der Waals surface area contributed by atoms with Crippen molar-refractivity contribution in [2.24, 2.45) is 0 Å². The maximum absolute atomic E-state index is 5.62. The SMILES string of the molecule is CC(C)(C)Oc1cnccc1Br. The molecule has 0 saturated heterocycles. The van der Waals surface area contributed by atoms with Gasteiger partial charge in [-0.1, -0.05) is 0 Å². The minimum Gasteiger partial charge on any atom is -0.485 e. The van der Waals surface area contributed by atoms with Gasteiger partial charge in [0.1, 0.15) is 5.60 Å². The molecule has 0 bridgehead atoms. The number of nitrogens with zero attached hydrogens (tertiary/aromatic N) is 1. The first-order chi connectivity index (χ1) is 5.49. The van der Waals surface area contributed by atoms with Crippen LogP contribution in [0.2, 0.25) is 0 Å². The quantitative estimate of drug-likeness (QED) is 0.739. The van der Waals surface area contributed by atoms with Gasteiger partial charge in [0, 0.05) is 6.20 Å². The molecule has 0 unspecified atom stereocenters. The average Bonchev–Trinajstić information content (AvgIpc) is 1.91. The van der Waals surface area contributed by atoms with Crippen LogP contribution in [0.1, 0.15) is 20.8 Å². The topological polar surface area (TPSA) is 22.1 Å². The van der Waals surface area contributed by atoms with E-state index in [0.717, 1.165) is 10.2 Å². The Labute approximate surface area is 81.1 Å². The van der Waals surface area contributed by atoms with E-state index in [9.17, 15) is 0 Å². The highest BCUT2D eigenvalue weighted by Crippen LogP contribution is 2.26. The molecule has 0 aliphatic heterocycles. The van der Waals surface area contributed by atoms with Crippen molar-refractivity contribution in [1.82, 2.24) is 4.98 Å². The lowest BCUT2D eigenvalue weighted by molar-refractivity contribution is 0.129. The van der Waals surface area contributed by atoms with Crippen molar-refractivity contribution >= 4 is 15.9 Å². The van der Waals surface area contributed by atoms with Gasteiger partial charge in [-0.2, -0.15) is 0 Å². The average molecular weight is 230 g/mol. The molecule has 0 amide bonds. The van der Waals surface area contributed by atoms with Gasteiger partial charge in [-0.3, -0.25) is 4.98 Å². The van der Waals surface area contributed by atoms with Crippen LogP contribution in [-0.2, 0) is 0 Å². The molecular formula is C9H12BrNO. The Morgan fingerprint density at radius 2 is 2.08 bits per heavy atom. The largest absolute Gasteiger partial charge is 0.485 e. The van der Waals surface area contributed by atoms with Crippen LogP contribution < -0.4 is 4.74 Å². The minimum absolute atomic E-state index is 0.175. The predicted molar refractivity (Wildman–Crippen MR) is 52.3 cm³/mol. The van der Waals surface area contributed by atoms with E-state index in [2.05, 4.69) is 20.9 Å². The second kappa shape index (κ2) is 3.44. The van der Waals surface area contributed by atoms with Crippen molar-refractivity contribution < 1.29 is 4.74 Å². The molecule has 1 rings (SSSR count). The Morgan fingerprint density at radius 1 is 1.42 bits per heavy atom. The van der Waals surface area contributed by atoms with E-state index >= 15 is 0 Å². The molecule has 0 saturated carbocycles. The van der Waals surface area contributed by atoms with Crippen LogP contribution >= 0.6 is 15.9 Å². The van der Waals surface area contributed by atoms with E-state index in [0.29, 0.717) is 0 Å². The number of aromatic nitrogens is 1. The van der Waals surface area contributed by atoms with E-state index in [4.69, 9.17) is 4.74 Å². The van der Waals surface area contributed by atoms with Crippen LogP contribution in [0.3, 0.4) is 0 Å². The van der Waals surface area contributed by atoms with E-state index in [1.165, 1.54) is 0 Å². The normalized spacial score (nSPS) is 11.3. The summed E-state index contributed by atoms with van der Waals surface area (Å²) in [6.45, 7) is 6.02. The van der Waals surface area contributed by atoms with Crippen LogP contribution in [-0.4, -0.2) is 10.6 Å². The monoisotopic (exact) mass is 229 g/mol. The Hall–Kier alpha value is -0.570. The van der Waals surface area contributed by atoms with Crippen molar-refractivity contribution in [3.63, 3.8) is 0 Å². The number of hydrogen-bond donors (Lipinski definition) is 0. The molecule has 1 aromatic heterocycles. The summed E-state index contributed by atoms with van der Waals surface area (Å²) in [6.07, 6.45) is 3.43. The molecule has 0 aliphatic rings. The molecule has 1 aromatic rings. The van der Waals surface area contributed by atoms with Gasteiger partial charge in [0.2, 0.25) is 0 Å². The molecule has 3 heteroatoms. The van der Waals surface area contributed by atoms with Gasteiger partial charge in [0.15, 0.2) is 5.75 Å². The third-order valence-electron chi connectivity index (χ3n) is 1.15. The summed E-state index contributed by atoms with van der Waals surface area (Å²) < 4.78 is 6.56. The van der Waals surface area contributed by atoms with Crippen LogP contribution in [0.5, 0.6) is 5.75 Å². The molecule has 0 N–H and O–H groups in total. The van der Waals surface area contributed by atoms with Gasteiger partial charge in [-0.05, 0) is 42.8 Å². The predicted octanol–water partition coefficient (Wildman–Crippen LogP) is 3.02. The summed E-state index contributed by atoms with van der Waals surface area (Å²) in [4.78, 5) is 3.97. The molecule has 0 aliphatic carbocycles. The summed E-state index contributed by atoms with van der Waals surface area (Å²) in [5, 5.41) is 0. The van der Waals surface area contributed by atoms with Crippen LogP contribution in [0, 0.1) is 0 Å². The fraction of sp³-hybridized carbons (Fsp3) is 0.444. The highest BCUT2D eigenvalue weighted by atomic mass is 79.9. The molecule has 0 aromatic carbocycles. The van der Waals surface area contributed by atoms with E-state index in [-0.39, 0.29) is 5.60 Å². The summed E-state index contributed by atoms with van der Waals surface area (Å²) in [7, 11) is 0. The van der Waals surface area contributed by atoms with Crippen molar-refractivity contribution in [2.45, 2.75) is 26.4 Å². The lowest BCUT2D eigenvalue weighted by atomic mass is 10.2. The first-order valence-electron chi connectivity index (χ1n) is 3.77. The Balaban J connectivity index is 2.83. The highest BCUT2D eigenvalue weighted by Gasteiger charge is 2.13. The number of halogens is 1. The molecule has 12 heavy (non-hydrogen) atoms. The summed E-state index contributed by atoms with van der Waals surface area (Å²) >= 11 is 3.38. The first-order valence-corrected chi connectivity index (χ1v) is 4.57. The number of pyridine rings is 1. The van der Waals surface area contributed by atoms with Gasteiger partial charge in [0.25, 0.3) is 0 Å². The summed E-state index contributed by atoms with van der Waals surface area (Å²) in [5.74, 6) is 0.782. The molecule has 0 radical (unpaired) electrons. The molecular weight excluding hydrogens is 218 g/mol. The van der Waals surface area contributed by atoms with Crippen molar-refractivity contribution in [1.29, 1.82) is 0 Å². The molecule has 0 spiro atoms. The van der Waals surface area contributed by atoms with E-state index in [1.807, 2.05) is 26.8 Å². The molecule has 66 valence electrons. The minimum atomic E-state index is -0.175. The van der Waals surface area contributed by atoms with Crippen LogP contribution in [0.25, 0.3) is 0 Å². The first kappa shape index (κ1) is 9.52.